The number of amides is 1. The lowest BCUT2D eigenvalue weighted by atomic mass is 10.1. The minimum absolute atomic E-state index is 0.0587. The summed E-state index contributed by atoms with van der Waals surface area (Å²) in [5, 5.41) is 1.78. The minimum Gasteiger partial charge on any atom is -0.334 e. The second-order valence-corrected chi connectivity index (χ2v) is 10.6. The summed E-state index contributed by atoms with van der Waals surface area (Å²) < 4.78 is 0. The average molecular weight is 512 g/mol. The molecule has 182 valence electrons. The molecule has 0 aromatic heterocycles. The molecule has 0 N–H and O–H groups in total. The van der Waals surface area contributed by atoms with Crippen molar-refractivity contribution in [3.05, 3.63) is 99.9 Å². The zero-order chi connectivity index (χ0) is 24.9. The lowest BCUT2D eigenvalue weighted by molar-refractivity contribution is -0.122. The summed E-state index contributed by atoms with van der Waals surface area (Å²) in [5.74, 6) is 0.0587. The van der Waals surface area contributed by atoms with Crippen molar-refractivity contribution >= 4 is 58.1 Å². The van der Waals surface area contributed by atoms with E-state index < -0.39 is 0 Å². The summed E-state index contributed by atoms with van der Waals surface area (Å²) in [4.78, 5) is 24.6. The Morgan fingerprint density at radius 1 is 0.806 bits per heavy atom. The van der Waals surface area contributed by atoms with Gasteiger partial charge in [-0.2, -0.15) is 0 Å². The van der Waals surface area contributed by atoms with E-state index in [0.717, 1.165) is 45.7 Å². The maximum absolute atomic E-state index is 13.6. The standard InChI is InChI=1S/C30H29N3OS2/c1-3-5-21-33-28(34)27(29-32(4-2)25-13-9-10-14-26(25)35-29)36-30(33)31-24-19-17-23(18-20-24)16-15-22-11-7-6-8-12-22/h6-20H,3-5,21H2,1-2H3/b16-15+,29-27-,31-30?. The van der Waals surface area contributed by atoms with Crippen molar-refractivity contribution in [3.8, 4) is 0 Å². The third kappa shape index (κ3) is 5.15. The van der Waals surface area contributed by atoms with Crippen LogP contribution in [0.2, 0.25) is 0 Å². The summed E-state index contributed by atoms with van der Waals surface area (Å²) >= 11 is 3.18. The normalized spacial score (nSPS) is 18.6. The monoisotopic (exact) mass is 511 g/mol. The zero-order valence-corrected chi connectivity index (χ0v) is 22.2. The molecule has 2 heterocycles. The molecule has 0 bridgehead atoms. The SMILES string of the molecule is CCCCN1C(=O)/C(=C2/Sc3ccccc3N2CC)SC1=Nc1ccc(/C=C/c2ccccc2)cc1. The molecular weight excluding hydrogens is 482 g/mol. The Balaban J connectivity index is 1.42. The van der Waals surface area contributed by atoms with Crippen LogP contribution in [-0.4, -0.2) is 29.1 Å². The predicted octanol–water partition coefficient (Wildman–Crippen LogP) is 8.02. The maximum atomic E-state index is 13.6. The predicted molar refractivity (Wildman–Crippen MR) is 155 cm³/mol. The highest BCUT2D eigenvalue weighted by Gasteiger charge is 2.39. The Morgan fingerprint density at radius 2 is 1.50 bits per heavy atom. The molecule has 0 spiro atoms. The smallest absolute Gasteiger partial charge is 0.269 e. The number of hydrogen-bond acceptors (Lipinski definition) is 5. The van der Waals surface area contributed by atoms with E-state index in [1.807, 2.05) is 35.2 Å². The minimum atomic E-state index is 0.0587. The van der Waals surface area contributed by atoms with Crippen LogP contribution in [0.25, 0.3) is 12.2 Å². The largest absolute Gasteiger partial charge is 0.334 e. The van der Waals surface area contributed by atoms with Gasteiger partial charge in [-0.1, -0.05) is 91.9 Å². The molecule has 0 radical (unpaired) electrons. The second-order valence-electron chi connectivity index (χ2n) is 8.59. The quantitative estimate of drug-likeness (QED) is 0.238. The van der Waals surface area contributed by atoms with Crippen molar-refractivity contribution in [2.75, 3.05) is 18.0 Å². The number of fused-ring (bicyclic) bond motifs is 1. The van der Waals surface area contributed by atoms with Crippen molar-refractivity contribution in [1.29, 1.82) is 0 Å². The van der Waals surface area contributed by atoms with Gasteiger partial charge < -0.3 is 4.90 Å². The number of hydrogen-bond donors (Lipinski definition) is 0. The van der Waals surface area contributed by atoms with E-state index >= 15 is 0 Å². The highest BCUT2D eigenvalue weighted by Crippen LogP contribution is 2.50. The van der Waals surface area contributed by atoms with Gasteiger partial charge in [0.25, 0.3) is 5.91 Å². The van der Waals surface area contributed by atoms with Crippen LogP contribution in [0, 0.1) is 0 Å². The number of rotatable bonds is 7. The van der Waals surface area contributed by atoms with Crippen molar-refractivity contribution in [3.63, 3.8) is 0 Å². The van der Waals surface area contributed by atoms with Crippen molar-refractivity contribution in [2.24, 2.45) is 4.99 Å². The van der Waals surface area contributed by atoms with Gasteiger partial charge in [0.2, 0.25) is 0 Å². The van der Waals surface area contributed by atoms with Crippen LogP contribution in [-0.2, 0) is 4.79 Å². The summed E-state index contributed by atoms with van der Waals surface area (Å²) in [5.41, 5.74) is 4.31. The Kier molecular flexibility index (Phi) is 7.63. The van der Waals surface area contributed by atoms with Gasteiger partial charge in [-0.3, -0.25) is 9.69 Å². The number of carbonyl (C=O) groups is 1. The molecule has 0 saturated carbocycles. The lowest BCUT2D eigenvalue weighted by Crippen LogP contribution is -2.30. The summed E-state index contributed by atoms with van der Waals surface area (Å²) in [6.07, 6.45) is 6.18. The van der Waals surface area contributed by atoms with Crippen LogP contribution >= 0.6 is 23.5 Å². The second kappa shape index (κ2) is 11.2. The molecule has 1 fully saturated rings. The fourth-order valence-corrected chi connectivity index (χ4v) is 6.59. The van der Waals surface area contributed by atoms with Crippen molar-refractivity contribution in [1.82, 2.24) is 4.90 Å². The third-order valence-corrected chi connectivity index (χ3v) is 8.48. The molecule has 1 saturated heterocycles. The lowest BCUT2D eigenvalue weighted by Gasteiger charge is -2.19. The number of amidine groups is 1. The van der Waals surface area contributed by atoms with Crippen LogP contribution in [0.15, 0.2) is 98.7 Å². The Morgan fingerprint density at radius 3 is 2.22 bits per heavy atom. The first kappa shape index (κ1) is 24.5. The van der Waals surface area contributed by atoms with E-state index in [9.17, 15) is 4.79 Å². The van der Waals surface area contributed by atoms with Gasteiger partial charge in [0.1, 0.15) is 9.93 Å². The van der Waals surface area contributed by atoms with E-state index in [-0.39, 0.29) is 5.91 Å². The van der Waals surface area contributed by atoms with Crippen LogP contribution in [0.3, 0.4) is 0 Å². The van der Waals surface area contributed by atoms with E-state index in [1.165, 1.54) is 27.9 Å². The Bertz CT molecular complexity index is 1330. The first-order valence-corrected chi connectivity index (χ1v) is 14.0. The van der Waals surface area contributed by atoms with E-state index in [4.69, 9.17) is 4.99 Å². The number of carbonyl (C=O) groups excluding carboxylic acids is 1. The van der Waals surface area contributed by atoms with E-state index in [1.54, 1.807) is 11.8 Å². The molecule has 4 nitrogen and oxygen atoms in total. The van der Waals surface area contributed by atoms with E-state index in [0.29, 0.717) is 6.54 Å². The first-order valence-electron chi connectivity index (χ1n) is 12.4. The van der Waals surface area contributed by atoms with Crippen LogP contribution < -0.4 is 4.90 Å². The summed E-state index contributed by atoms with van der Waals surface area (Å²) in [6.45, 7) is 5.77. The zero-order valence-electron chi connectivity index (χ0n) is 20.6. The molecule has 6 heteroatoms. The third-order valence-electron chi connectivity index (χ3n) is 6.10. The molecule has 0 aliphatic carbocycles. The molecule has 0 atom stereocenters. The maximum Gasteiger partial charge on any atom is 0.269 e. The fraction of sp³-hybridized carbons (Fsp3) is 0.200. The number of nitrogens with zero attached hydrogens (tertiary/aromatic N) is 3. The Hall–Kier alpha value is -3.22. The summed E-state index contributed by atoms with van der Waals surface area (Å²) in [6, 6.07) is 26.8. The van der Waals surface area contributed by atoms with Crippen molar-refractivity contribution in [2.45, 2.75) is 31.6 Å². The number of unbranched alkanes of at least 4 members (excludes halogenated alkanes) is 1. The van der Waals surface area contributed by atoms with Gasteiger partial charge in [0.05, 0.1) is 11.4 Å². The molecule has 2 aliphatic heterocycles. The van der Waals surface area contributed by atoms with Gasteiger partial charge in [0, 0.05) is 18.0 Å². The number of thioether (sulfide) groups is 2. The van der Waals surface area contributed by atoms with Crippen LogP contribution in [0.1, 0.15) is 37.8 Å². The van der Waals surface area contributed by atoms with Gasteiger partial charge in [0.15, 0.2) is 5.17 Å². The van der Waals surface area contributed by atoms with Crippen LogP contribution in [0.4, 0.5) is 11.4 Å². The van der Waals surface area contributed by atoms with Gasteiger partial charge in [-0.15, -0.1) is 0 Å². The van der Waals surface area contributed by atoms with Crippen LogP contribution in [0.5, 0.6) is 0 Å². The van der Waals surface area contributed by atoms with Crippen molar-refractivity contribution < 1.29 is 4.79 Å². The Labute approximate surface area is 221 Å². The van der Waals surface area contributed by atoms with Gasteiger partial charge >= 0.3 is 0 Å². The molecule has 1 amide bonds. The summed E-state index contributed by atoms with van der Waals surface area (Å²) in [7, 11) is 0. The highest BCUT2D eigenvalue weighted by atomic mass is 32.2. The number of aliphatic imine (C=N–C) groups is 1. The molecule has 2 aliphatic rings. The molecule has 3 aromatic carbocycles. The fourth-order valence-electron chi connectivity index (χ4n) is 4.18. The van der Waals surface area contributed by atoms with E-state index in [2.05, 4.69) is 79.4 Å². The number of para-hydroxylation sites is 1. The molecule has 3 aromatic rings. The highest BCUT2D eigenvalue weighted by molar-refractivity contribution is 8.19. The molecule has 5 rings (SSSR count). The number of anilines is 1. The first-order chi connectivity index (χ1) is 17.7. The van der Waals surface area contributed by atoms with Gasteiger partial charge in [-0.05, 0) is 60.5 Å². The van der Waals surface area contributed by atoms with Gasteiger partial charge in [-0.25, -0.2) is 4.99 Å². The topological polar surface area (TPSA) is 35.9 Å². The average Bonchev–Trinajstić information content (AvgIpc) is 3.44. The molecule has 36 heavy (non-hydrogen) atoms. The number of benzene rings is 3. The molecular formula is C30H29N3OS2. The molecule has 0 unspecified atom stereocenters.